The Labute approximate surface area is 163 Å². The van der Waals surface area contributed by atoms with E-state index in [2.05, 4.69) is 43.9 Å². The van der Waals surface area contributed by atoms with Crippen LogP contribution in [0.15, 0.2) is 0 Å². The second-order valence-electron chi connectivity index (χ2n) is 8.66. The van der Waals surface area contributed by atoms with Gasteiger partial charge in [0.2, 0.25) is 0 Å². The van der Waals surface area contributed by atoms with Crippen LogP contribution < -0.4 is 0 Å². The van der Waals surface area contributed by atoms with E-state index in [1.54, 1.807) is 0 Å². The van der Waals surface area contributed by atoms with Gasteiger partial charge in [-0.1, -0.05) is 112 Å². The minimum atomic E-state index is 0.482. The highest BCUT2D eigenvalue weighted by Gasteiger charge is 2.45. The van der Waals surface area contributed by atoms with Gasteiger partial charge >= 0.3 is 0 Å². The second-order valence-corrected chi connectivity index (χ2v) is 9.77. The van der Waals surface area contributed by atoms with Gasteiger partial charge in [0.15, 0.2) is 0 Å². The molecule has 0 fully saturated rings. The lowest BCUT2D eigenvalue weighted by atomic mass is 9.62. The molecule has 0 radical (unpaired) electrons. The molecule has 0 aliphatic rings. The van der Waals surface area contributed by atoms with Crippen LogP contribution in [0, 0.1) is 5.41 Å². The number of unbranched alkanes of at least 4 members (excludes halogenated alkanes) is 7. The van der Waals surface area contributed by atoms with E-state index in [1.165, 1.54) is 109 Å². The Morgan fingerprint density at radius 3 is 1.20 bits per heavy atom. The van der Waals surface area contributed by atoms with Gasteiger partial charge in [0, 0.05) is 0 Å². The summed E-state index contributed by atoms with van der Waals surface area (Å²) in [6.45, 7) is 11.8. The summed E-state index contributed by atoms with van der Waals surface area (Å²) in [5.41, 5.74) is 0.571. The lowest BCUT2D eigenvalue weighted by Crippen LogP contribution is -2.44. The van der Waals surface area contributed by atoms with Gasteiger partial charge < -0.3 is 0 Å². The largest absolute Gasteiger partial charge is 0.131 e. The third kappa shape index (κ3) is 9.26. The first-order valence-electron chi connectivity index (χ1n) is 11.8. The zero-order chi connectivity index (χ0) is 19.0. The summed E-state index contributed by atoms with van der Waals surface area (Å²) < 4.78 is 0. The van der Waals surface area contributed by atoms with Crippen LogP contribution in [-0.2, 0) is 0 Å². The zero-order valence-corrected chi connectivity index (χ0v) is 19.8. The molecule has 0 rings (SSSR count). The van der Waals surface area contributed by atoms with Gasteiger partial charge in [-0.2, -0.15) is 0 Å². The van der Waals surface area contributed by atoms with Crippen molar-refractivity contribution >= 4 is 9.24 Å². The minimum absolute atomic E-state index is 0.482. The van der Waals surface area contributed by atoms with E-state index in [1.807, 2.05) is 0 Å². The fraction of sp³-hybridized carbons (Fsp3) is 1.00. The van der Waals surface area contributed by atoms with Crippen LogP contribution >= 0.6 is 9.24 Å². The molecular weight excluding hydrogens is 319 g/mol. The van der Waals surface area contributed by atoms with E-state index < -0.39 is 0 Å². The molecule has 0 amide bonds. The van der Waals surface area contributed by atoms with Gasteiger partial charge in [-0.05, 0) is 42.7 Å². The van der Waals surface area contributed by atoms with Crippen LogP contribution in [0.4, 0.5) is 0 Å². The second kappa shape index (κ2) is 15.5. The first-order chi connectivity index (χ1) is 12.1. The molecule has 1 unspecified atom stereocenters. The van der Waals surface area contributed by atoms with E-state index >= 15 is 0 Å². The van der Waals surface area contributed by atoms with Crippen molar-refractivity contribution in [1.29, 1.82) is 0 Å². The maximum absolute atomic E-state index is 3.47. The SMILES string of the molecule is CCCCCCC(CCCC)(CCCC)C(P)(CCCC)CCCC. The smallest absolute Gasteiger partial charge is 0.00939 e. The van der Waals surface area contributed by atoms with Crippen molar-refractivity contribution < 1.29 is 0 Å². The Morgan fingerprint density at radius 1 is 0.440 bits per heavy atom. The van der Waals surface area contributed by atoms with Crippen molar-refractivity contribution in [3.63, 3.8) is 0 Å². The molecule has 0 aliphatic carbocycles. The quantitative estimate of drug-likeness (QED) is 0.166. The number of hydrogen-bond donors (Lipinski definition) is 0. The van der Waals surface area contributed by atoms with Gasteiger partial charge in [0.1, 0.15) is 0 Å². The van der Waals surface area contributed by atoms with Gasteiger partial charge in [-0.15, -0.1) is 9.24 Å². The summed E-state index contributed by atoms with van der Waals surface area (Å²) in [6.07, 6.45) is 24.0. The lowest BCUT2D eigenvalue weighted by molar-refractivity contribution is 0.110. The Balaban J connectivity index is 5.47. The topological polar surface area (TPSA) is 0 Å². The molecule has 0 N–H and O–H groups in total. The van der Waals surface area contributed by atoms with Crippen molar-refractivity contribution in [3.05, 3.63) is 0 Å². The van der Waals surface area contributed by atoms with Gasteiger partial charge in [-0.3, -0.25) is 0 Å². The molecule has 0 saturated heterocycles. The minimum Gasteiger partial charge on any atom is -0.131 e. The van der Waals surface area contributed by atoms with Gasteiger partial charge in [0.05, 0.1) is 0 Å². The monoisotopic (exact) mass is 370 g/mol. The summed E-state index contributed by atoms with van der Waals surface area (Å²) in [5.74, 6) is 0. The van der Waals surface area contributed by atoms with Crippen LogP contribution in [0.25, 0.3) is 0 Å². The van der Waals surface area contributed by atoms with E-state index in [0.717, 1.165) is 0 Å². The molecule has 0 aromatic heterocycles. The van der Waals surface area contributed by atoms with Crippen molar-refractivity contribution in [1.82, 2.24) is 0 Å². The maximum Gasteiger partial charge on any atom is -0.00939 e. The molecule has 1 atom stereocenters. The molecule has 0 bridgehead atoms. The molecule has 0 nitrogen and oxygen atoms in total. The molecular formula is C24H51P. The van der Waals surface area contributed by atoms with Crippen LogP contribution in [0.1, 0.15) is 144 Å². The molecule has 25 heavy (non-hydrogen) atoms. The van der Waals surface area contributed by atoms with E-state index in [4.69, 9.17) is 0 Å². The predicted octanol–water partition coefficient (Wildman–Crippen LogP) is 9.32. The molecule has 0 heterocycles. The average molecular weight is 371 g/mol. The van der Waals surface area contributed by atoms with E-state index in [0.29, 0.717) is 10.6 Å². The van der Waals surface area contributed by atoms with Crippen LogP contribution in [0.2, 0.25) is 0 Å². The number of hydrogen-bond acceptors (Lipinski definition) is 0. The van der Waals surface area contributed by atoms with Crippen molar-refractivity contribution in [2.75, 3.05) is 0 Å². The van der Waals surface area contributed by atoms with Crippen molar-refractivity contribution in [2.24, 2.45) is 5.41 Å². The fourth-order valence-corrected chi connectivity index (χ4v) is 5.52. The molecule has 152 valence electrons. The Bertz CT molecular complexity index is 268. The van der Waals surface area contributed by atoms with Crippen LogP contribution in [0.5, 0.6) is 0 Å². The summed E-state index contributed by atoms with van der Waals surface area (Å²) in [6, 6.07) is 0. The highest BCUT2D eigenvalue weighted by Crippen LogP contribution is 2.55. The van der Waals surface area contributed by atoms with Crippen LogP contribution in [-0.4, -0.2) is 5.16 Å². The molecule has 0 aromatic carbocycles. The fourth-order valence-electron chi connectivity index (χ4n) is 4.68. The maximum atomic E-state index is 3.47. The Hall–Kier alpha value is 0.430. The van der Waals surface area contributed by atoms with Gasteiger partial charge in [-0.25, -0.2) is 0 Å². The summed E-state index contributed by atoms with van der Waals surface area (Å²) >= 11 is 0. The standard InChI is InChI=1S/C24H51P/c1-6-11-16-17-20-23(18-12-7-2,19-13-8-3)24(25,21-14-9-4)22-15-10-5/h6-22,25H2,1-5H3. The highest BCUT2D eigenvalue weighted by atomic mass is 31.0. The normalized spacial score (nSPS) is 12.7. The first kappa shape index (κ1) is 25.4. The van der Waals surface area contributed by atoms with Crippen LogP contribution in [0.3, 0.4) is 0 Å². The highest BCUT2D eigenvalue weighted by molar-refractivity contribution is 7.19. The lowest BCUT2D eigenvalue weighted by Gasteiger charge is -2.51. The average Bonchev–Trinajstić information content (AvgIpc) is 2.63. The number of rotatable bonds is 18. The van der Waals surface area contributed by atoms with Gasteiger partial charge in [0.25, 0.3) is 0 Å². The third-order valence-corrected chi connectivity index (χ3v) is 7.73. The summed E-state index contributed by atoms with van der Waals surface area (Å²) in [4.78, 5) is 0. The molecule has 0 saturated carbocycles. The molecule has 1 heteroatoms. The summed E-state index contributed by atoms with van der Waals surface area (Å²) in [5, 5.41) is 0.482. The van der Waals surface area contributed by atoms with Crippen molar-refractivity contribution in [3.8, 4) is 0 Å². The molecule has 0 aliphatic heterocycles. The third-order valence-electron chi connectivity index (χ3n) is 6.54. The predicted molar refractivity (Wildman–Crippen MR) is 122 cm³/mol. The Morgan fingerprint density at radius 2 is 0.800 bits per heavy atom. The van der Waals surface area contributed by atoms with E-state index in [-0.39, 0.29) is 0 Å². The zero-order valence-electron chi connectivity index (χ0n) is 18.6. The molecule has 0 spiro atoms. The summed E-state index contributed by atoms with van der Waals surface area (Å²) in [7, 11) is 3.47. The first-order valence-corrected chi connectivity index (χ1v) is 12.4. The molecule has 0 aromatic rings. The Kier molecular flexibility index (Phi) is 15.8. The van der Waals surface area contributed by atoms with Crippen molar-refractivity contribution in [2.45, 2.75) is 149 Å². The van der Waals surface area contributed by atoms with E-state index in [9.17, 15) is 0 Å².